The minimum absolute atomic E-state index is 0.450. The Kier molecular flexibility index (Phi) is 3.12. The molecule has 0 saturated carbocycles. The summed E-state index contributed by atoms with van der Waals surface area (Å²) in [6, 6.07) is 16.5. The highest BCUT2D eigenvalue weighted by Gasteiger charge is 2.12. The molecule has 0 aliphatic heterocycles. The Bertz CT molecular complexity index is 814. The first-order valence-corrected chi connectivity index (χ1v) is 6.49. The van der Waals surface area contributed by atoms with Crippen LogP contribution in [0.15, 0.2) is 54.6 Å². The first-order valence-electron chi connectivity index (χ1n) is 6.11. The quantitative estimate of drug-likeness (QED) is 0.780. The fourth-order valence-corrected chi connectivity index (χ4v) is 2.42. The van der Waals surface area contributed by atoms with E-state index in [9.17, 15) is 4.79 Å². The molecule has 0 bridgehead atoms. The number of fused-ring (bicyclic) bond motifs is 1. The number of pyridine rings is 1. The van der Waals surface area contributed by atoms with Crippen molar-refractivity contribution in [3.05, 3.63) is 65.2 Å². The molecule has 4 heteroatoms. The van der Waals surface area contributed by atoms with E-state index in [-0.39, 0.29) is 0 Å². The maximum Gasteiger partial charge on any atom is 0.249 e. The molecule has 0 radical (unpaired) electrons. The highest BCUT2D eigenvalue weighted by molar-refractivity contribution is 6.33. The minimum Gasteiger partial charge on any atom is -0.366 e. The van der Waals surface area contributed by atoms with E-state index in [1.54, 1.807) is 12.1 Å². The average molecular weight is 283 g/mol. The molecule has 3 aromatic rings. The van der Waals surface area contributed by atoms with Crippen LogP contribution in [0.25, 0.3) is 22.2 Å². The summed E-state index contributed by atoms with van der Waals surface area (Å²) in [6.45, 7) is 0. The maximum absolute atomic E-state index is 11.6. The zero-order chi connectivity index (χ0) is 14.1. The number of amides is 1. The van der Waals surface area contributed by atoms with E-state index in [0.29, 0.717) is 16.3 Å². The Labute approximate surface area is 121 Å². The highest BCUT2D eigenvalue weighted by Crippen LogP contribution is 2.29. The van der Waals surface area contributed by atoms with Crippen LogP contribution in [-0.4, -0.2) is 10.9 Å². The monoisotopic (exact) mass is 282 g/mol. The Balaban J connectivity index is 2.33. The summed E-state index contributed by atoms with van der Waals surface area (Å²) in [6.07, 6.45) is 0. The molecule has 0 unspecified atom stereocenters. The van der Waals surface area contributed by atoms with Crippen LogP contribution in [0, 0.1) is 0 Å². The summed E-state index contributed by atoms with van der Waals surface area (Å²) in [5.41, 5.74) is 8.06. The molecule has 0 saturated heterocycles. The van der Waals surface area contributed by atoms with Gasteiger partial charge in [-0.1, -0.05) is 48.0 Å². The molecule has 2 N–H and O–H groups in total. The van der Waals surface area contributed by atoms with Crippen LogP contribution in [0.5, 0.6) is 0 Å². The van der Waals surface area contributed by atoms with Crippen molar-refractivity contribution in [1.82, 2.24) is 4.98 Å². The summed E-state index contributed by atoms with van der Waals surface area (Å²) in [5.74, 6) is -0.475. The SMILES string of the molecule is NC(=O)c1cc(-c2ccccc2Cl)nc2ccccc12. The van der Waals surface area contributed by atoms with Crippen molar-refractivity contribution < 1.29 is 4.79 Å². The number of carbonyl (C=O) groups excluding carboxylic acids is 1. The molecular weight excluding hydrogens is 272 g/mol. The summed E-state index contributed by atoms with van der Waals surface area (Å²) in [4.78, 5) is 16.2. The third-order valence-corrected chi connectivity index (χ3v) is 3.46. The van der Waals surface area contributed by atoms with Crippen LogP contribution < -0.4 is 5.73 Å². The second-order valence-corrected chi connectivity index (χ2v) is 4.82. The molecule has 98 valence electrons. The number of nitrogens with zero attached hydrogens (tertiary/aromatic N) is 1. The number of para-hydroxylation sites is 1. The molecule has 20 heavy (non-hydrogen) atoms. The first-order chi connectivity index (χ1) is 9.66. The lowest BCUT2D eigenvalue weighted by molar-refractivity contribution is 0.100. The molecule has 0 fully saturated rings. The van der Waals surface area contributed by atoms with Gasteiger partial charge in [0.25, 0.3) is 0 Å². The van der Waals surface area contributed by atoms with Gasteiger partial charge in [0.05, 0.1) is 16.8 Å². The Morgan fingerprint density at radius 1 is 1.05 bits per heavy atom. The van der Waals surface area contributed by atoms with E-state index in [4.69, 9.17) is 17.3 Å². The summed E-state index contributed by atoms with van der Waals surface area (Å²) < 4.78 is 0. The van der Waals surface area contributed by atoms with Crippen molar-refractivity contribution in [2.75, 3.05) is 0 Å². The standard InChI is InChI=1S/C16H11ClN2O/c17-13-7-3-1-6-11(13)15-9-12(16(18)20)10-5-2-4-8-14(10)19-15/h1-9H,(H2,18,20). The topological polar surface area (TPSA) is 56.0 Å². The van der Waals surface area contributed by atoms with E-state index >= 15 is 0 Å². The summed E-state index contributed by atoms with van der Waals surface area (Å²) in [7, 11) is 0. The molecule has 0 aliphatic carbocycles. The van der Waals surface area contributed by atoms with Gasteiger partial charge in [0.1, 0.15) is 0 Å². The molecule has 0 aliphatic rings. The van der Waals surface area contributed by atoms with Gasteiger partial charge in [-0.25, -0.2) is 4.98 Å². The van der Waals surface area contributed by atoms with Gasteiger partial charge in [-0.05, 0) is 18.2 Å². The lowest BCUT2D eigenvalue weighted by atomic mass is 10.0. The van der Waals surface area contributed by atoms with Crippen molar-refractivity contribution in [2.24, 2.45) is 5.73 Å². The lowest BCUT2D eigenvalue weighted by Gasteiger charge is -2.08. The Morgan fingerprint density at radius 2 is 1.75 bits per heavy atom. The Hall–Kier alpha value is -2.39. The predicted octanol–water partition coefficient (Wildman–Crippen LogP) is 3.65. The van der Waals surface area contributed by atoms with Crippen molar-refractivity contribution in [3.8, 4) is 11.3 Å². The van der Waals surface area contributed by atoms with Crippen molar-refractivity contribution in [1.29, 1.82) is 0 Å². The lowest BCUT2D eigenvalue weighted by Crippen LogP contribution is -2.12. The Morgan fingerprint density at radius 3 is 2.50 bits per heavy atom. The van der Waals surface area contributed by atoms with E-state index in [1.807, 2.05) is 42.5 Å². The normalized spacial score (nSPS) is 10.7. The van der Waals surface area contributed by atoms with E-state index in [0.717, 1.165) is 16.5 Å². The van der Waals surface area contributed by atoms with Crippen LogP contribution in [-0.2, 0) is 0 Å². The number of hydrogen-bond acceptors (Lipinski definition) is 2. The van der Waals surface area contributed by atoms with Crippen LogP contribution in [0.3, 0.4) is 0 Å². The fraction of sp³-hybridized carbons (Fsp3) is 0. The molecule has 0 spiro atoms. The van der Waals surface area contributed by atoms with Gasteiger partial charge in [-0.3, -0.25) is 4.79 Å². The minimum atomic E-state index is -0.475. The second kappa shape index (κ2) is 4.94. The molecule has 1 aromatic heterocycles. The second-order valence-electron chi connectivity index (χ2n) is 4.42. The predicted molar refractivity (Wildman–Crippen MR) is 80.7 cm³/mol. The van der Waals surface area contributed by atoms with E-state index in [2.05, 4.69) is 4.98 Å². The zero-order valence-electron chi connectivity index (χ0n) is 10.5. The fourth-order valence-electron chi connectivity index (χ4n) is 2.19. The summed E-state index contributed by atoms with van der Waals surface area (Å²) in [5, 5.41) is 1.33. The van der Waals surface area contributed by atoms with Crippen molar-refractivity contribution in [3.63, 3.8) is 0 Å². The molecule has 3 rings (SSSR count). The molecular formula is C16H11ClN2O. The molecule has 0 atom stereocenters. The first kappa shape index (κ1) is 12.6. The zero-order valence-corrected chi connectivity index (χ0v) is 11.3. The van der Waals surface area contributed by atoms with Gasteiger partial charge in [-0.2, -0.15) is 0 Å². The summed E-state index contributed by atoms with van der Waals surface area (Å²) >= 11 is 6.19. The smallest absolute Gasteiger partial charge is 0.249 e. The number of carbonyl (C=O) groups is 1. The van der Waals surface area contributed by atoms with Crippen LogP contribution in [0.2, 0.25) is 5.02 Å². The molecule has 1 amide bonds. The van der Waals surface area contributed by atoms with E-state index in [1.165, 1.54) is 0 Å². The third-order valence-electron chi connectivity index (χ3n) is 3.13. The number of halogens is 1. The van der Waals surface area contributed by atoms with Crippen molar-refractivity contribution in [2.45, 2.75) is 0 Å². The number of benzene rings is 2. The number of primary amides is 1. The third kappa shape index (κ3) is 2.12. The van der Waals surface area contributed by atoms with Crippen LogP contribution in [0.1, 0.15) is 10.4 Å². The number of nitrogens with two attached hydrogens (primary N) is 1. The van der Waals surface area contributed by atoms with Crippen LogP contribution >= 0.6 is 11.6 Å². The van der Waals surface area contributed by atoms with Gasteiger partial charge in [0, 0.05) is 16.0 Å². The largest absolute Gasteiger partial charge is 0.366 e. The van der Waals surface area contributed by atoms with Crippen LogP contribution in [0.4, 0.5) is 0 Å². The number of hydrogen-bond donors (Lipinski definition) is 1. The average Bonchev–Trinajstić information content (AvgIpc) is 2.46. The van der Waals surface area contributed by atoms with Gasteiger partial charge in [0.2, 0.25) is 5.91 Å². The number of rotatable bonds is 2. The molecule has 2 aromatic carbocycles. The van der Waals surface area contributed by atoms with Crippen molar-refractivity contribution >= 4 is 28.4 Å². The maximum atomic E-state index is 11.6. The van der Waals surface area contributed by atoms with Gasteiger partial charge in [0.15, 0.2) is 0 Å². The van der Waals surface area contributed by atoms with Gasteiger partial charge in [-0.15, -0.1) is 0 Å². The highest BCUT2D eigenvalue weighted by atomic mass is 35.5. The molecule has 1 heterocycles. The van der Waals surface area contributed by atoms with E-state index < -0.39 is 5.91 Å². The molecule has 3 nitrogen and oxygen atoms in total. The number of aromatic nitrogens is 1. The van der Waals surface area contributed by atoms with Gasteiger partial charge >= 0.3 is 0 Å². The van der Waals surface area contributed by atoms with Gasteiger partial charge < -0.3 is 5.73 Å².